The molecule has 0 aromatic carbocycles. The van der Waals surface area contributed by atoms with Gasteiger partial charge < -0.3 is 0 Å². The van der Waals surface area contributed by atoms with Crippen molar-refractivity contribution in [1.82, 2.24) is 0 Å². The third kappa shape index (κ3) is 1.77. The van der Waals surface area contributed by atoms with Crippen molar-refractivity contribution in [3.8, 4) is 0 Å². The van der Waals surface area contributed by atoms with Gasteiger partial charge in [0.25, 0.3) is 5.92 Å². The molecule has 22 heavy (non-hydrogen) atoms. The minimum absolute atomic E-state index is 0.0471. The molecule has 0 amide bonds. The Morgan fingerprint density at radius 1 is 1.00 bits per heavy atom. The van der Waals surface area contributed by atoms with Gasteiger partial charge >= 0.3 is 0 Å². The second kappa shape index (κ2) is 4.54. The van der Waals surface area contributed by atoms with Gasteiger partial charge in [-0.15, -0.1) is 0 Å². The molecule has 0 aromatic rings. The molecule has 4 aliphatic carbocycles. The van der Waals surface area contributed by atoms with Crippen LogP contribution in [0.4, 0.5) is 8.78 Å². The highest BCUT2D eigenvalue weighted by atomic mass is 19.3. The molecule has 4 aliphatic rings. The van der Waals surface area contributed by atoms with E-state index in [0.717, 1.165) is 38.5 Å². The predicted molar refractivity (Wildman–Crippen MR) is 81.7 cm³/mol. The summed E-state index contributed by atoms with van der Waals surface area (Å²) in [6, 6.07) is 0. The lowest BCUT2D eigenvalue weighted by Gasteiger charge is -2.61. The molecule has 4 saturated carbocycles. The number of hydrogen-bond acceptors (Lipinski definition) is 1. The number of ketones is 1. The fourth-order valence-corrected chi connectivity index (χ4v) is 7.11. The highest BCUT2D eigenvalue weighted by Crippen LogP contribution is 2.68. The highest BCUT2D eigenvalue weighted by molar-refractivity contribution is 5.87. The second-order valence-electron chi connectivity index (χ2n) is 9.06. The summed E-state index contributed by atoms with van der Waals surface area (Å²) in [6.07, 6.45) is 7.19. The fourth-order valence-electron chi connectivity index (χ4n) is 7.11. The number of halogens is 2. The SMILES string of the molecule is C[C@]12CCCC[C@@H]1C(F)(F)C[C@H]1[C@H]2CC[C@]2(C)C(=O)CC[C@@H]12. The largest absolute Gasteiger partial charge is 0.299 e. The average molecular weight is 310 g/mol. The van der Waals surface area contributed by atoms with Crippen molar-refractivity contribution in [2.45, 2.75) is 77.6 Å². The lowest BCUT2D eigenvalue weighted by atomic mass is 9.44. The van der Waals surface area contributed by atoms with Crippen molar-refractivity contribution < 1.29 is 13.6 Å². The highest BCUT2D eigenvalue weighted by Gasteiger charge is 2.66. The minimum Gasteiger partial charge on any atom is -0.299 e. The maximum atomic E-state index is 15.0. The molecule has 0 aromatic heterocycles. The van der Waals surface area contributed by atoms with Gasteiger partial charge in [0.15, 0.2) is 0 Å². The molecular formula is C19H28F2O. The van der Waals surface area contributed by atoms with E-state index in [1.54, 1.807) is 0 Å². The van der Waals surface area contributed by atoms with E-state index in [2.05, 4.69) is 13.8 Å². The zero-order valence-electron chi connectivity index (χ0n) is 13.8. The first-order chi connectivity index (χ1) is 10.3. The summed E-state index contributed by atoms with van der Waals surface area (Å²) in [6.45, 7) is 4.22. The van der Waals surface area contributed by atoms with Crippen LogP contribution in [0.25, 0.3) is 0 Å². The number of carbonyl (C=O) groups is 1. The summed E-state index contributed by atoms with van der Waals surface area (Å²) in [4.78, 5) is 12.3. The zero-order chi connectivity index (χ0) is 15.8. The standard InChI is InChI=1S/C19H28F2O/c1-17-9-4-3-5-15(17)19(20,21)11-12-13-6-7-16(22)18(13,2)10-8-14(12)17/h12-15H,3-11H2,1-2H3/t12-,13+,14-,15+,17-,18+/m1/s1. The molecule has 4 rings (SSSR count). The van der Waals surface area contributed by atoms with Crippen LogP contribution < -0.4 is 0 Å². The van der Waals surface area contributed by atoms with Crippen molar-refractivity contribution in [2.75, 3.05) is 0 Å². The van der Waals surface area contributed by atoms with Crippen LogP contribution >= 0.6 is 0 Å². The maximum absolute atomic E-state index is 15.0. The molecule has 0 heterocycles. The Morgan fingerprint density at radius 3 is 2.55 bits per heavy atom. The van der Waals surface area contributed by atoms with Crippen LogP contribution in [0.5, 0.6) is 0 Å². The summed E-state index contributed by atoms with van der Waals surface area (Å²) in [7, 11) is 0. The summed E-state index contributed by atoms with van der Waals surface area (Å²) < 4.78 is 29.9. The van der Waals surface area contributed by atoms with Gasteiger partial charge in [0.05, 0.1) is 0 Å². The van der Waals surface area contributed by atoms with Gasteiger partial charge in [-0.3, -0.25) is 4.79 Å². The Balaban J connectivity index is 1.74. The smallest absolute Gasteiger partial charge is 0.251 e. The van der Waals surface area contributed by atoms with Crippen LogP contribution in [-0.4, -0.2) is 11.7 Å². The number of fused-ring (bicyclic) bond motifs is 5. The van der Waals surface area contributed by atoms with Gasteiger partial charge in [-0.05, 0) is 55.3 Å². The lowest BCUT2D eigenvalue weighted by Crippen LogP contribution is -2.59. The summed E-state index contributed by atoms with van der Waals surface area (Å²) in [5.41, 5.74) is -0.493. The van der Waals surface area contributed by atoms with Gasteiger partial charge in [0.1, 0.15) is 5.78 Å². The molecule has 0 bridgehead atoms. The number of Topliss-reactive ketones (excluding diaryl/α,β-unsaturated/α-hetero) is 1. The van der Waals surface area contributed by atoms with Gasteiger partial charge in [-0.25, -0.2) is 8.78 Å². The number of hydrogen-bond donors (Lipinski definition) is 0. The topological polar surface area (TPSA) is 17.1 Å². The fraction of sp³-hybridized carbons (Fsp3) is 0.947. The third-order valence-electron chi connectivity index (χ3n) is 8.27. The van der Waals surface area contributed by atoms with Crippen LogP contribution in [-0.2, 0) is 4.79 Å². The normalized spacial score (nSPS) is 53.5. The van der Waals surface area contributed by atoms with Gasteiger partial charge in [-0.2, -0.15) is 0 Å². The molecule has 0 radical (unpaired) electrons. The van der Waals surface area contributed by atoms with E-state index in [9.17, 15) is 13.6 Å². The molecule has 0 unspecified atom stereocenters. The average Bonchev–Trinajstić information content (AvgIpc) is 2.74. The zero-order valence-corrected chi connectivity index (χ0v) is 13.8. The van der Waals surface area contributed by atoms with Crippen molar-refractivity contribution in [3.63, 3.8) is 0 Å². The van der Waals surface area contributed by atoms with E-state index in [-0.39, 0.29) is 29.1 Å². The Morgan fingerprint density at radius 2 is 1.77 bits per heavy atom. The van der Waals surface area contributed by atoms with Crippen LogP contribution in [0.15, 0.2) is 0 Å². The monoisotopic (exact) mass is 310 g/mol. The molecule has 0 aliphatic heterocycles. The van der Waals surface area contributed by atoms with Crippen LogP contribution in [0.3, 0.4) is 0 Å². The summed E-state index contributed by atoms with van der Waals surface area (Å²) in [5.74, 6) is -1.91. The van der Waals surface area contributed by atoms with E-state index >= 15 is 0 Å². The van der Waals surface area contributed by atoms with Crippen molar-refractivity contribution >= 4 is 5.78 Å². The Hall–Kier alpha value is -0.470. The van der Waals surface area contributed by atoms with Crippen LogP contribution in [0, 0.1) is 34.5 Å². The lowest BCUT2D eigenvalue weighted by molar-refractivity contribution is -0.222. The molecular weight excluding hydrogens is 282 g/mol. The molecule has 4 fully saturated rings. The number of alkyl halides is 2. The molecule has 0 spiro atoms. The van der Waals surface area contributed by atoms with E-state index < -0.39 is 11.8 Å². The van der Waals surface area contributed by atoms with E-state index in [1.807, 2.05) is 0 Å². The van der Waals surface area contributed by atoms with Gasteiger partial charge in [0, 0.05) is 24.2 Å². The van der Waals surface area contributed by atoms with Crippen LogP contribution in [0.2, 0.25) is 0 Å². The quantitative estimate of drug-likeness (QED) is 0.598. The van der Waals surface area contributed by atoms with Crippen molar-refractivity contribution in [1.29, 1.82) is 0 Å². The first kappa shape index (κ1) is 15.1. The first-order valence-electron chi connectivity index (χ1n) is 9.20. The van der Waals surface area contributed by atoms with Crippen molar-refractivity contribution in [3.05, 3.63) is 0 Å². The van der Waals surface area contributed by atoms with Crippen molar-refractivity contribution in [2.24, 2.45) is 34.5 Å². The Bertz CT molecular complexity index is 502. The number of rotatable bonds is 0. The van der Waals surface area contributed by atoms with Crippen LogP contribution in [0.1, 0.15) is 71.6 Å². The summed E-state index contributed by atoms with van der Waals surface area (Å²) in [5, 5.41) is 0. The number of carbonyl (C=O) groups excluding carboxylic acids is 1. The van der Waals surface area contributed by atoms with Gasteiger partial charge in [-0.1, -0.05) is 26.7 Å². The third-order valence-corrected chi connectivity index (χ3v) is 8.27. The molecule has 0 saturated heterocycles. The molecule has 0 N–H and O–H groups in total. The van der Waals surface area contributed by atoms with Gasteiger partial charge in [0.2, 0.25) is 0 Å². The second-order valence-corrected chi connectivity index (χ2v) is 9.06. The van der Waals surface area contributed by atoms with E-state index in [4.69, 9.17) is 0 Å². The Kier molecular flexibility index (Phi) is 3.11. The minimum atomic E-state index is -2.53. The summed E-state index contributed by atoms with van der Waals surface area (Å²) >= 11 is 0. The van der Waals surface area contributed by atoms with E-state index in [1.165, 1.54) is 0 Å². The molecule has 3 heteroatoms. The first-order valence-corrected chi connectivity index (χ1v) is 9.20. The maximum Gasteiger partial charge on any atom is 0.251 e. The molecule has 1 nitrogen and oxygen atoms in total. The molecule has 6 atom stereocenters. The predicted octanol–water partition coefficient (Wildman–Crippen LogP) is 5.23. The Labute approximate surface area is 132 Å². The van der Waals surface area contributed by atoms with E-state index in [0.29, 0.717) is 24.5 Å². The molecule has 124 valence electrons.